The molecule has 5 rings (SSSR count). The van der Waals surface area contributed by atoms with Gasteiger partial charge in [-0.05, 0) is 36.6 Å². The van der Waals surface area contributed by atoms with Crippen molar-refractivity contribution in [1.29, 1.82) is 0 Å². The van der Waals surface area contributed by atoms with Crippen LogP contribution in [0.15, 0.2) is 48.9 Å². The number of carboxylic acids is 2. The van der Waals surface area contributed by atoms with Gasteiger partial charge in [-0.2, -0.15) is 26.3 Å². The number of halogens is 6. The highest BCUT2D eigenvalue weighted by Crippen LogP contribution is 2.44. The van der Waals surface area contributed by atoms with Crippen LogP contribution in [0.2, 0.25) is 0 Å². The Morgan fingerprint density at radius 2 is 1.60 bits per heavy atom. The Balaban J connectivity index is 0.000000303. The Morgan fingerprint density at radius 3 is 2.09 bits per heavy atom. The molecule has 0 radical (unpaired) electrons. The molecule has 2 amide bonds. The quantitative estimate of drug-likeness (QED) is 0.492. The number of ether oxygens (including phenoxy) is 1. The van der Waals surface area contributed by atoms with Crippen LogP contribution < -0.4 is 0 Å². The van der Waals surface area contributed by atoms with Crippen molar-refractivity contribution in [3.8, 4) is 0 Å². The third-order valence-corrected chi connectivity index (χ3v) is 6.65. The zero-order valence-corrected chi connectivity index (χ0v) is 22.2. The lowest BCUT2D eigenvalue weighted by molar-refractivity contribution is -0.193. The van der Waals surface area contributed by atoms with Crippen LogP contribution in [0.5, 0.6) is 0 Å². The third-order valence-electron chi connectivity index (χ3n) is 6.65. The fourth-order valence-corrected chi connectivity index (χ4v) is 4.51. The molecule has 11 nitrogen and oxygen atoms in total. The molecule has 2 aliphatic heterocycles. The van der Waals surface area contributed by atoms with Crippen molar-refractivity contribution in [1.82, 2.24) is 19.8 Å². The van der Waals surface area contributed by atoms with Gasteiger partial charge in [0.05, 0.1) is 25.4 Å². The fraction of sp³-hybridized carbons (Fsp3) is 0.462. The number of alkyl halides is 6. The summed E-state index contributed by atoms with van der Waals surface area (Å²) in [4.78, 5) is 56.6. The highest BCUT2D eigenvalue weighted by molar-refractivity contribution is 5.90. The van der Waals surface area contributed by atoms with Crippen LogP contribution in [0.1, 0.15) is 30.0 Å². The molecule has 234 valence electrons. The van der Waals surface area contributed by atoms with Crippen molar-refractivity contribution in [3.63, 3.8) is 0 Å². The SMILES string of the molecule is O=C(C1CC1)N1CC(c2cccnc2)C2(C1)OCCN(Cc1ccccn1)C2=O.O=C(O)C(F)(F)F.O=C(O)C(F)(F)F. The number of carboxylic acid groups (broad SMARTS) is 2. The molecule has 2 saturated heterocycles. The summed E-state index contributed by atoms with van der Waals surface area (Å²) in [6.45, 7) is 2.21. The van der Waals surface area contributed by atoms with Crippen molar-refractivity contribution < 1.29 is 60.5 Å². The van der Waals surface area contributed by atoms with Crippen LogP contribution in [-0.4, -0.2) is 97.9 Å². The lowest BCUT2D eigenvalue weighted by atomic mass is 9.83. The summed E-state index contributed by atoms with van der Waals surface area (Å²) in [5.41, 5.74) is 0.729. The van der Waals surface area contributed by atoms with E-state index >= 15 is 0 Å². The van der Waals surface area contributed by atoms with E-state index in [2.05, 4.69) is 9.97 Å². The standard InChI is InChI=1S/C22H24N4O3.2C2HF3O2/c27-20(16-6-7-16)26-14-19(17-4-3-8-23-12-17)22(15-26)21(28)25(10-11-29-22)13-18-5-1-2-9-24-18;2*3-2(4,5)1(6)7/h1-5,8-9,12,16,19H,6-7,10-11,13-15H2;2*(H,6,7). The predicted molar refractivity (Wildman–Crippen MR) is 132 cm³/mol. The number of nitrogens with zero attached hydrogens (tertiary/aromatic N) is 4. The van der Waals surface area contributed by atoms with Crippen LogP contribution in [-0.2, 0) is 30.5 Å². The molecule has 2 atom stereocenters. The molecule has 2 N–H and O–H groups in total. The van der Waals surface area contributed by atoms with Gasteiger partial charge in [0.1, 0.15) is 0 Å². The number of hydrogen-bond donors (Lipinski definition) is 2. The van der Waals surface area contributed by atoms with Crippen molar-refractivity contribution in [2.75, 3.05) is 26.2 Å². The maximum Gasteiger partial charge on any atom is 0.490 e. The van der Waals surface area contributed by atoms with E-state index in [-0.39, 0.29) is 23.7 Å². The molecular formula is C26H26F6N4O7. The molecule has 2 aromatic rings. The summed E-state index contributed by atoms with van der Waals surface area (Å²) in [5, 5.41) is 14.2. The molecule has 3 fully saturated rings. The number of likely N-dealkylation sites (tertiary alicyclic amines) is 1. The first-order chi connectivity index (χ1) is 20.1. The maximum atomic E-state index is 13.7. The third kappa shape index (κ3) is 8.62. The summed E-state index contributed by atoms with van der Waals surface area (Å²) in [7, 11) is 0. The van der Waals surface area contributed by atoms with Gasteiger partial charge in [-0.25, -0.2) is 9.59 Å². The molecule has 0 aromatic carbocycles. The minimum absolute atomic E-state index is 0.0608. The van der Waals surface area contributed by atoms with Crippen molar-refractivity contribution in [3.05, 3.63) is 60.2 Å². The number of aliphatic carboxylic acids is 2. The number of rotatable bonds is 4. The lowest BCUT2D eigenvalue weighted by Gasteiger charge is -2.42. The van der Waals surface area contributed by atoms with Crippen molar-refractivity contribution >= 4 is 23.8 Å². The number of hydrogen-bond acceptors (Lipinski definition) is 7. The Kier molecular flexibility index (Phi) is 10.3. The first-order valence-corrected chi connectivity index (χ1v) is 12.7. The summed E-state index contributed by atoms with van der Waals surface area (Å²) < 4.78 is 69.7. The highest BCUT2D eigenvalue weighted by atomic mass is 19.4. The summed E-state index contributed by atoms with van der Waals surface area (Å²) in [5.74, 6) is -5.54. The van der Waals surface area contributed by atoms with Crippen LogP contribution in [0.4, 0.5) is 26.3 Å². The molecule has 0 bridgehead atoms. The zero-order chi connectivity index (χ0) is 32.0. The average molecular weight is 621 g/mol. The Hall–Kier alpha value is -4.28. The Morgan fingerprint density at radius 1 is 0.977 bits per heavy atom. The van der Waals surface area contributed by atoms with E-state index in [1.807, 2.05) is 40.1 Å². The van der Waals surface area contributed by atoms with Gasteiger partial charge < -0.3 is 24.7 Å². The smallest absolute Gasteiger partial charge is 0.475 e. The topological polar surface area (TPSA) is 150 Å². The number of morpholine rings is 1. The molecule has 1 saturated carbocycles. The van der Waals surface area contributed by atoms with Crippen molar-refractivity contribution in [2.24, 2.45) is 5.92 Å². The molecule has 3 aliphatic rings. The second kappa shape index (κ2) is 13.4. The van der Waals surface area contributed by atoms with Crippen LogP contribution in [0.3, 0.4) is 0 Å². The van der Waals surface area contributed by atoms with Gasteiger partial charge in [0.15, 0.2) is 5.60 Å². The lowest BCUT2D eigenvalue weighted by Crippen LogP contribution is -2.60. The first-order valence-electron chi connectivity index (χ1n) is 12.7. The van der Waals surface area contributed by atoms with Gasteiger partial charge in [-0.1, -0.05) is 12.1 Å². The number of aromatic nitrogens is 2. The molecule has 4 heterocycles. The largest absolute Gasteiger partial charge is 0.490 e. The molecule has 1 aliphatic carbocycles. The molecule has 17 heteroatoms. The molecule has 1 spiro atoms. The molecule has 2 aromatic heterocycles. The van der Waals surface area contributed by atoms with Gasteiger partial charge in [-0.3, -0.25) is 19.6 Å². The van der Waals surface area contributed by atoms with Gasteiger partial charge in [0.25, 0.3) is 5.91 Å². The van der Waals surface area contributed by atoms with E-state index in [0.29, 0.717) is 32.8 Å². The van der Waals surface area contributed by atoms with E-state index < -0.39 is 29.9 Å². The van der Waals surface area contributed by atoms with Crippen LogP contribution in [0.25, 0.3) is 0 Å². The molecule has 2 unspecified atom stereocenters. The number of amides is 2. The Labute approximate surface area is 240 Å². The number of carbonyl (C=O) groups is 4. The first kappa shape index (κ1) is 33.2. The van der Waals surface area contributed by atoms with Gasteiger partial charge in [0, 0.05) is 43.5 Å². The minimum atomic E-state index is -5.08. The summed E-state index contributed by atoms with van der Waals surface area (Å²) in [6.07, 6.45) is -3.04. The van der Waals surface area contributed by atoms with Crippen LogP contribution >= 0.6 is 0 Å². The van der Waals surface area contributed by atoms with Gasteiger partial charge in [-0.15, -0.1) is 0 Å². The Bertz CT molecular complexity index is 1270. The normalized spacial score (nSPS) is 21.8. The molecular weight excluding hydrogens is 594 g/mol. The van der Waals surface area contributed by atoms with Crippen molar-refractivity contribution in [2.45, 2.75) is 43.3 Å². The van der Waals surface area contributed by atoms with Gasteiger partial charge >= 0.3 is 24.3 Å². The predicted octanol–water partition coefficient (Wildman–Crippen LogP) is 2.88. The number of carbonyl (C=O) groups excluding carboxylic acids is 2. The number of pyridine rings is 2. The fourth-order valence-electron chi connectivity index (χ4n) is 4.51. The summed E-state index contributed by atoms with van der Waals surface area (Å²) >= 11 is 0. The second-order valence-electron chi connectivity index (χ2n) is 9.72. The van der Waals surface area contributed by atoms with E-state index in [4.69, 9.17) is 24.5 Å². The van der Waals surface area contributed by atoms with Crippen LogP contribution in [0, 0.1) is 5.92 Å². The minimum Gasteiger partial charge on any atom is -0.475 e. The van der Waals surface area contributed by atoms with E-state index in [0.717, 1.165) is 24.1 Å². The molecule has 43 heavy (non-hydrogen) atoms. The second-order valence-corrected chi connectivity index (χ2v) is 9.72. The van der Waals surface area contributed by atoms with E-state index in [1.54, 1.807) is 18.6 Å². The average Bonchev–Trinajstić information content (AvgIpc) is 3.73. The van der Waals surface area contributed by atoms with E-state index in [1.165, 1.54) is 0 Å². The van der Waals surface area contributed by atoms with E-state index in [9.17, 15) is 35.9 Å². The zero-order valence-electron chi connectivity index (χ0n) is 22.2. The van der Waals surface area contributed by atoms with Gasteiger partial charge in [0.2, 0.25) is 5.91 Å². The maximum absolute atomic E-state index is 13.7. The highest BCUT2D eigenvalue weighted by Gasteiger charge is 2.58. The summed E-state index contributed by atoms with van der Waals surface area (Å²) in [6, 6.07) is 9.55. The monoisotopic (exact) mass is 620 g/mol.